The van der Waals surface area contributed by atoms with E-state index in [0.29, 0.717) is 29.4 Å². The third-order valence-corrected chi connectivity index (χ3v) is 4.48. The van der Waals surface area contributed by atoms with Gasteiger partial charge in [0.15, 0.2) is 5.69 Å². The highest BCUT2D eigenvalue weighted by Crippen LogP contribution is 2.31. The molecule has 1 atom stereocenters. The number of amides is 2. The first-order valence-electron chi connectivity index (χ1n) is 9.04. The number of ether oxygens (including phenoxy) is 2. The second-order valence-corrected chi connectivity index (χ2v) is 6.53. The number of anilines is 1. The summed E-state index contributed by atoms with van der Waals surface area (Å²) in [5.74, 6) is 0.743. The molecule has 8 heteroatoms. The lowest BCUT2D eigenvalue weighted by molar-refractivity contribution is -0.118. The number of benzene rings is 2. The summed E-state index contributed by atoms with van der Waals surface area (Å²) in [6.07, 6.45) is 0.519. The number of methoxy groups -OCH3 is 1. The predicted octanol–water partition coefficient (Wildman–Crippen LogP) is 2.40. The van der Waals surface area contributed by atoms with Crippen LogP contribution in [0.4, 0.5) is 5.69 Å². The number of nitrogens with zero attached hydrogens (tertiary/aromatic N) is 1. The summed E-state index contributed by atoms with van der Waals surface area (Å²) in [6.45, 7) is -0.00831. The average Bonchev–Trinajstić information content (AvgIpc) is 3.14. The van der Waals surface area contributed by atoms with Gasteiger partial charge in [-0.2, -0.15) is 0 Å². The fourth-order valence-electron chi connectivity index (χ4n) is 2.97. The van der Waals surface area contributed by atoms with E-state index < -0.39 is 17.9 Å². The standard InChI is InChI=1S/C21H19N3O5/c1-27-14-7-8-19-16(10-14)22-21(26)18(12-28-19)23-20(25)17-11-15(29-24-17)9-13-5-3-2-4-6-13/h2-8,10-11,18H,9,12H2,1H3,(H,22,26)(H,23,25)/t18-/m0/s1. The quantitative estimate of drug-likeness (QED) is 0.690. The fraction of sp³-hybridized carbons (Fsp3) is 0.190. The molecule has 0 spiro atoms. The van der Waals surface area contributed by atoms with Crippen molar-refractivity contribution in [2.75, 3.05) is 19.0 Å². The van der Waals surface area contributed by atoms with Crippen LogP contribution in [0.25, 0.3) is 0 Å². The van der Waals surface area contributed by atoms with Crippen molar-refractivity contribution in [3.63, 3.8) is 0 Å². The maximum atomic E-state index is 12.5. The average molecular weight is 393 g/mol. The highest BCUT2D eigenvalue weighted by molar-refractivity contribution is 6.01. The molecule has 1 aliphatic rings. The monoisotopic (exact) mass is 393 g/mol. The summed E-state index contributed by atoms with van der Waals surface area (Å²) < 4.78 is 16.1. The van der Waals surface area contributed by atoms with Gasteiger partial charge >= 0.3 is 0 Å². The maximum Gasteiger partial charge on any atom is 0.274 e. The van der Waals surface area contributed by atoms with Gasteiger partial charge in [0.2, 0.25) is 0 Å². The van der Waals surface area contributed by atoms with Gasteiger partial charge in [-0.25, -0.2) is 0 Å². The number of hydrogen-bond acceptors (Lipinski definition) is 6. The van der Waals surface area contributed by atoms with Crippen molar-refractivity contribution in [1.82, 2.24) is 10.5 Å². The summed E-state index contributed by atoms with van der Waals surface area (Å²) >= 11 is 0. The largest absolute Gasteiger partial charge is 0.497 e. The number of rotatable bonds is 5. The van der Waals surface area contributed by atoms with Crippen molar-refractivity contribution in [3.8, 4) is 11.5 Å². The van der Waals surface area contributed by atoms with Gasteiger partial charge in [-0.3, -0.25) is 9.59 Å². The predicted molar refractivity (Wildman–Crippen MR) is 104 cm³/mol. The first-order chi connectivity index (χ1) is 14.1. The first kappa shape index (κ1) is 18.5. The van der Waals surface area contributed by atoms with Crippen molar-refractivity contribution < 1.29 is 23.6 Å². The zero-order chi connectivity index (χ0) is 20.2. The van der Waals surface area contributed by atoms with Crippen LogP contribution >= 0.6 is 0 Å². The molecule has 0 aliphatic carbocycles. The Bertz CT molecular complexity index is 1030. The first-order valence-corrected chi connectivity index (χ1v) is 9.04. The van der Waals surface area contributed by atoms with Gasteiger partial charge in [0.05, 0.1) is 12.8 Å². The number of fused-ring (bicyclic) bond motifs is 1. The minimum absolute atomic E-state index is 0.00831. The van der Waals surface area contributed by atoms with E-state index in [0.717, 1.165) is 5.56 Å². The molecule has 0 saturated carbocycles. The molecule has 3 aromatic rings. The van der Waals surface area contributed by atoms with E-state index in [4.69, 9.17) is 14.0 Å². The van der Waals surface area contributed by atoms with Gasteiger partial charge in [0.25, 0.3) is 11.8 Å². The number of aromatic nitrogens is 1. The van der Waals surface area contributed by atoms with Gasteiger partial charge in [0.1, 0.15) is 29.9 Å². The van der Waals surface area contributed by atoms with E-state index in [9.17, 15) is 9.59 Å². The zero-order valence-corrected chi connectivity index (χ0v) is 15.7. The van der Waals surface area contributed by atoms with E-state index in [2.05, 4.69) is 15.8 Å². The van der Waals surface area contributed by atoms with Crippen LogP contribution in [0.2, 0.25) is 0 Å². The Morgan fingerprint density at radius 2 is 2.07 bits per heavy atom. The molecule has 1 aliphatic heterocycles. The number of carbonyl (C=O) groups is 2. The molecule has 148 valence electrons. The number of carbonyl (C=O) groups excluding carboxylic acids is 2. The smallest absolute Gasteiger partial charge is 0.274 e. The molecule has 8 nitrogen and oxygen atoms in total. The van der Waals surface area contributed by atoms with Crippen LogP contribution in [0.3, 0.4) is 0 Å². The van der Waals surface area contributed by atoms with E-state index in [1.165, 1.54) is 7.11 Å². The molecule has 1 aromatic heterocycles. The summed E-state index contributed by atoms with van der Waals surface area (Å²) in [5, 5.41) is 9.19. The Kier molecular flexibility index (Phi) is 5.15. The molecule has 0 radical (unpaired) electrons. The second kappa shape index (κ2) is 8.05. The molecule has 2 N–H and O–H groups in total. The summed E-state index contributed by atoms with van der Waals surface area (Å²) in [4.78, 5) is 25.0. The molecule has 29 heavy (non-hydrogen) atoms. The zero-order valence-electron chi connectivity index (χ0n) is 15.7. The van der Waals surface area contributed by atoms with Crippen LogP contribution in [0.15, 0.2) is 59.1 Å². The molecule has 0 unspecified atom stereocenters. The molecular formula is C21H19N3O5. The summed E-state index contributed by atoms with van der Waals surface area (Å²) in [5.41, 5.74) is 1.63. The Hall–Kier alpha value is -3.81. The third-order valence-electron chi connectivity index (χ3n) is 4.48. The molecule has 0 bridgehead atoms. The SMILES string of the molecule is COc1ccc2c(c1)NC(=O)[C@@H](NC(=O)c1cc(Cc3ccccc3)on1)CO2. The van der Waals surface area contributed by atoms with Crippen molar-refractivity contribution in [3.05, 3.63) is 71.6 Å². The Balaban J connectivity index is 1.41. The van der Waals surface area contributed by atoms with Gasteiger partial charge in [0, 0.05) is 18.6 Å². The van der Waals surface area contributed by atoms with Crippen molar-refractivity contribution in [1.29, 1.82) is 0 Å². The Morgan fingerprint density at radius 1 is 1.24 bits per heavy atom. The number of hydrogen-bond donors (Lipinski definition) is 2. The highest BCUT2D eigenvalue weighted by atomic mass is 16.5. The highest BCUT2D eigenvalue weighted by Gasteiger charge is 2.28. The van der Waals surface area contributed by atoms with E-state index in [-0.39, 0.29) is 12.3 Å². The van der Waals surface area contributed by atoms with Crippen LogP contribution in [0.5, 0.6) is 11.5 Å². The molecule has 0 saturated heterocycles. The fourth-order valence-corrected chi connectivity index (χ4v) is 2.97. The van der Waals surface area contributed by atoms with Crippen LogP contribution in [0, 0.1) is 0 Å². The molecule has 2 amide bonds. The van der Waals surface area contributed by atoms with Crippen LogP contribution < -0.4 is 20.1 Å². The van der Waals surface area contributed by atoms with Crippen LogP contribution in [-0.4, -0.2) is 36.7 Å². The van der Waals surface area contributed by atoms with Crippen molar-refractivity contribution in [2.24, 2.45) is 0 Å². The molecule has 4 rings (SSSR count). The van der Waals surface area contributed by atoms with Crippen LogP contribution in [0.1, 0.15) is 21.8 Å². The molecule has 2 heterocycles. The van der Waals surface area contributed by atoms with Gasteiger partial charge in [-0.1, -0.05) is 35.5 Å². The molecule has 0 fully saturated rings. The van der Waals surface area contributed by atoms with Gasteiger partial charge in [-0.15, -0.1) is 0 Å². The Labute approximate surface area is 166 Å². The molecule has 2 aromatic carbocycles. The van der Waals surface area contributed by atoms with E-state index in [1.807, 2.05) is 30.3 Å². The van der Waals surface area contributed by atoms with Crippen LogP contribution in [-0.2, 0) is 11.2 Å². The number of nitrogens with one attached hydrogen (secondary N) is 2. The molecular weight excluding hydrogens is 374 g/mol. The summed E-state index contributed by atoms with van der Waals surface area (Å²) in [7, 11) is 1.54. The maximum absolute atomic E-state index is 12.5. The van der Waals surface area contributed by atoms with Gasteiger partial charge in [-0.05, 0) is 17.7 Å². The van der Waals surface area contributed by atoms with E-state index >= 15 is 0 Å². The Morgan fingerprint density at radius 3 is 2.86 bits per heavy atom. The van der Waals surface area contributed by atoms with E-state index in [1.54, 1.807) is 24.3 Å². The van der Waals surface area contributed by atoms with Crippen molar-refractivity contribution >= 4 is 17.5 Å². The van der Waals surface area contributed by atoms with Crippen molar-refractivity contribution in [2.45, 2.75) is 12.5 Å². The minimum atomic E-state index is -0.879. The summed E-state index contributed by atoms with van der Waals surface area (Å²) in [6, 6.07) is 15.5. The lowest BCUT2D eigenvalue weighted by Crippen LogP contribution is -2.46. The lowest BCUT2D eigenvalue weighted by Gasteiger charge is -2.13. The second-order valence-electron chi connectivity index (χ2n) is 6.53. The normalized spacial score (nSPS) is 15.5. The minimum Gasteiger partial charge on any atom is -0.497 e. The topological polar surface area (TPSA) is 103 Å². The lowest BCUT2D eigenvalue weighted by atomic mass is 10.1. The third kappa shape index (κ3) is 4.21. The van der Waals surface area contributed by atoms with Gasteiger partial charge < -0.3 is 24.6 Å².